The smallest absolute Gasteiger partial charge is 0.167 e. The summed E-state index contributed by atoms with van der Waals surface area (Å²) in [4.78, 5) is 0. The first kappa shape index (κ1) is 41.4. The Morgan fingerprint density at radius 2 is 1.15 bits per heavy atom. The molecule has 12 nitrogen and oxygen atoms in total. The predicted octanol–water partition coefficient (Wildman–Crippen LogP) is 10.4. The van der Waals surface area contributed by atoms with Gasteiger partial charge in [-0.25, -0.2) is 0 Å². The van der Waals surface area contributed by atoms with Crippen LogP contribution >= 0.6 is 0 Å². The van der Waals surface area contributed by atoms with Crippen LogP contribution in [0.25, 0.3) is 32.7 Å². The lowest BCUT2D eigenvalue weighted by atomic mass is 9.83. The zero-order valence-corrected chi connectivity index (χ0v) is 35.9. The molecule has 4 heterocycles. The minimum atomic E-state index is -0.410. The molecular weight excluding hydrogens is 773 g/mol. The number of hydrogen-bond donors (Lipinski definition) is 6. The van der Waals surface area contributed by atoms with E-state index in [1.165, 1.54) is 12.4 Å². The van der Waals surface area contributed by atoms with Crippen LogP contribution in [0.15, 0.2) is 68.0 Å². The third-order valence-corrected chi connectivity index (χ3v) is 12.8. The van der Waals surface area contributed by atoms with Gasteiger partial charge in [0.05, 0.1) is 48.2 Å². The summed E-state index contributed by atoms with van der Waals surface area (Å²) in [6.45, 7) is 14.1. The first-order valence-electron chi connectivity index (χ1n) is 21.3. The van der Waals surface area contributed by atoms with Crippen LogP contribution in [0.1, 0.15) is 117 Å². The van der Waals surface area contributed by atoms with Gasteiger partial charge in [-0.3, -0.25) is 10.0 Å². The van der Waals surface area contributed by atoms with Crippen molar-refractivity contribution >= 4 is 34.0 Å². The minimum absolute atomic E-state index is 0.0367. The van der Waals surface area contributed by atoms with Crippen LogP contribution in [0.5, 0.6) is 34.5 Å². The molecule has 2 aliphatic rings. The summed E-state index contributed by atoms with van der Waals surface area (Å²) in [5.74, 6) is -0.598. The summed E-state index contributed by atoms with van der Waals surface area (Å²) < 4.78 is 11.3. The third-order valence-electron chi connectivity index (χ3n) is 12.8. The number of fused-ring (bicyclic) bond motifs is 2. The maximum absolute atomic E-state index is 12.6. The highest BCUT2D eigenvalue weighted by molar-refractivity contribution is 6.15. The fourth-order valence-corrected chi connectivity index (χ4v) is 9.84. The first-order valence-corrected chi connectivity index (χ1v) is 21.3. The van der Waals surface area contributed by atoms with Crippen molar-refractivity contribution in [2.75, 3.05) is 6.54 Å². The Bertz CT molecular complexity index is 2660. The van der Waals surface area contributed by atoms with Crippen LogP contribution in [-0.4, -0.2) is 77.8 Å². The van der Waals surface area contributed by atoms with E-state index in [1.54, 1.807) is 12.5 Å². The van der Waals surface area contributed by atoms with E-state index in [0.717, 1.165) is 37.2 Å². The highest BCUT2D eigenvalue weighted by Crippen LogP contribution is 2.54. The van der Waals surface area contributed by atoms with Crippen molar-refractivity contribution in [3.8, 4) is 45.6 Å². The van der Waals surface area contributed by atoms with Crippen LogP contribution in [0, 0.1) is 13.8 Å². The highest BCUT2D eigenvalue weighted by atomic mass is 16.3. The molecule has 0 radical (unpaired) electrons. The van der Waals surface area contributed by atoms with E-state index >= 15 is 0 Å². The van der Waals surface area contributed by atoms with Crippen molar-refractivity contribution in [3.05, 3.63) is 93.8 Å². The quantitative estimate of drug-likeness (QED) is 0.0544. The summed E-state index contributed by atoms with van der Waals surface area (Å²) >= 11 is 0. The van der Waals surface area contributed by atoms with Gasteiger partial charge in [0.2, 0.25) is 0 Å². The number of hydrogen-bond acceptors (Lipinski definition) is 12. The van der Waals surface area contributed by atoms with Crippen molar-refractivity contribution in [2.45, 2.75) is 117 Å². The zero-order valence-electron chi connectivity index (χ0n) is 35.9. The number of phenols is 6. The molecule has 0 spiro atoms. The Morgan fingerprint density at radius 3 is 1.62 bits per heavy atom. The van der Waals surface area contributed by atoms with Crippen molar-refractivity contribution in [1.29, 1.82) is 0 Å². The molecule has 0 saturated carbocycles. The molecule has 3 atom stereocenters. The molecule has 2 fully saturated rings. The van der Waals surface area contributed by atoms with Crippen molar-refractivity contribution in [3.63, 3.8) is 0 Å². The molecule has 3 unspecified atom stereocenters. The van der Waals surface area contributed by atoms with Crippen molar-refractivity contribution < 1.29 is 39.5 Å². The number of aromatic hydroxyl groups is 6. The number of aryl methyl sites for hydroxylation is 2. The van der Waals surface area contributed by atoms with Gasteiger partial charge >= 0.3 is 0 Å². The molecule has 61 heavy (non-hydrogen) atoms. The third kappa shape index (κ3) is 7.25. The van der Waals surface area contributed by atoms with Gasteiger partial charge in [0.25, 0.3) is 0 Å². The Kier molecular flexibility index (Phi) is 11.1. The number of benzene rings is 4. The molecule has 320 valence electrons. The number of rotatable bonds is 11. The summed E-state index contributed by atoms with van der Waals surface area (Å²) in [6, 6.07) is 11.5. The summed E-state index contributed by atoms with van der Waals surface area (Å²) in [5.41, 5.74) is 3.02. The van der Waals surface area contributed by atoms with Gasteiger partial charge in [0.15, 0.2) is 23.0 Å². The second kappa shape index (κ2) is 16.3. The Hall–Kier alpha value is -6.30. The second-order valence-corrected chi connectivity index (χ2v) is 17.5. The number of phenolic OH excluding ortho intramolecular Hbond substituents is 6. The van der Waals surface area contributed by atoms with E-state index in [4.69, 9.17) is 19.0 Å². The molecule has 2 aliphatic heterocycles. The second-order valence-electron chi connectivity index (χ2n) is 17.5. The van der Waals surface area contributed by atoms with E-state index in [9.17, 15) is 30.6 Å². The molecule has 4 aromatic carbocycles. The fraction of sp³-hybridized carbons (Fsp3) is 0.388. The summed E-state index contributed by atoms with van der Waals surface area (Å²) in [5, 5.41) is 87.0. The number of furan rings is 2. The normalized spacial score (nSPS) is 18.5. The average Bonchev–Trinajstić information content (AvgIpc) is 4.05. The molecule has 6 aromatic rings. The number of hydrazone groups is 2. The molecule has 0 amide bonds. The van der Waals surface area contributed by atoms with Crippen LogP contribution in [0.3, 0.4) is 0 Å². The van der Waals surface area contributed by atoms with Gasteiger partial charge < -0.3 is 39.5 Å². The van der Waals surface area contributed by atoms with E-state index < -0.39 is 11.5 Å². The van der Waals surface area contributed by atoms with Crippen molar-refractivity contribution in [1.82, 2.24) is 10.0 Å². The van der Waals surface area contributed by atoms with Gasteiger partial charge in [-0.1, -0.05) is 39.8 Å². The van der Waals surface area contributed by atoms with Gasteiger partial charge in [0, 0.05) is 58.5 Å². The minimum Gasteiger partial charge on any atom is -0.507 e. The summed E-state index contributed by atoms with van der Waals surface area (Å²) in [6.07, 6.45) is 11.2. The van der Waals surface area contributed by atoms with Gasteiger partial charge in [-0.15, -0.1) is 0 Å². The molecule has 0 aliphatic carbocycles. The maximum atomic E-state index is 12.6. The lowest BCUT2D eigenvalue weighted by Gasteiger charge is -2.26. The van der Waals surface area contributed by atoms with Crippen LogP contribution in [-0.2, 0) is 12.8 Å². The van der Waals surface area contributed by atoms with E-state index in [0.29, 0.717) is 63.5 Å². The molecule has 6 N–H and O–H groups in total. The molecule has 12 heteroatoms. The SMILES string of the molecule is Cc1cc2c(C(C)C)c(O)c(O)c(/C=N\N3CCCC3Cc3ccco3)c2c(O)c1-c1c(C)cc2c(C(C)C)c(O)c(O)c(/C=N\N3C(C)CCC3Cc3ccco3)c2c1O. The van der Waals surface area contributed by atoms with Gasteiger partial charge in [0.1, 0.15) is 23.0 Å². The standard InChI is InChI=1S/C49H56N4O8/c1-25(2)38-34-19-27(5)40(46(56)42(34)36(44(54)48(38)58)23-50-52-16-8-11-30(52)21-32-12-9-17-60-32)41-28(6)20-35-39(26(3)4)49(59)45(55)37(43(35)47(41)57)24-51-53-29(7)14-15-31(53)22-33-13-10-18-61-33/h9-10,12-13,17-20,23-26,29-31,54-59H,8,11,14-16,21-22H2,1-7H3/b50-23-,51-24-. The molecule has 2 saturated heterocycles. The van der Waals surface area contributed by atoms with Crippen LogP contribution in [0.4, 0.5) is 0 Å². The fourth-order valence-electron chi connectivity index (χ4n) is 9.84. The monoisotopic (exact) mass is 828 g/mol. The molecular formula is C49H56N4O8. The molecule has 2 aromatic heterocycles. The van der Waals surface area contributed by atoms with Gasteiger partial charge in [-0.05, 0) is 104 Å². The first-order chi connectivity index (χ1) is 29.2. The Labute approximate surface area is 355 Å². The topological polar surface area (TPSA) is 179 Å². The molecule has 8 rings (SSSR count). The van der Waals surface area contributed by atoms with E-state index in [1.807, 2.05) is 88.0 Å². The predicted molar refractivity (Wildman–Crippen MR) is 239 cm³/mol. The van der Waals surface area contributed by atoms with Crippen LogP contribution in [0.2, 0.25) is 0 Å². The highest BCUT2D eigenvalue weighted by Gasteiger charge is 2.33. The maximum Gasteiger partial charge on any atom is 0.167 e. The van der Waals surface area contributed by atoms with E-state index in [-0.39, 0.29) is 74.9 Å². The largest absolute Gasteiger partial charge is 0.507 e. The Morgan fingerprint density at radius 1 is 0.656 bits per heavy atom. The van der Waals surface area contributed by atoms with E-state index in [2.05, 4.69) is 6.92 Å². The average molecular weight is 829 g/mol. The van der Waals surface area contributed by atoms with Gasteiger partial charge in [-0.2, -0.15) is 10.2 Å². The Balaban J connectivity index is 1.32. The van der Waals surface area contributed by atoms with Crippen LogP contribution < -0.4 is 0 Å². The lowest BCUT2D eigenvalue weighted by molar-refractivity contribution is 0.206. The van der Waals surface area contributed by atoms with Crippen molar-refractivity contribution in [2.24, 2.45) is 10.2 Å². The zero-order chi connectivity index (χ0) is 43.4. The molecule has 0 bridgehead atoms. The number of nitrogens with zero attached hydrogens (tertiary/aromatic N) is 4. The summed E-state index contributed by atoms with van der Waals surface area (Å²) in [7, 11) is 0. The lowest BCUT2D eigenvalue weighted by Crippen LogP contribution is -2.31.